The molecule has 0 aliphatic rings. The molecule has 2 N–H and O–H groups in total. The summed E-state index contributed by atoms with van der Waals surface area (Å²) < 4.78 is 10.5. The second-order valence-electron chi connectivity index (χ2n) is 2.90. The molecule has 0 aliphatic carbocycles. The van der Waals surface area contributed by atoms with Crippen LogP contribution in [0.2, 0.25) is 0 Å². The van der Waals surface area contributed by atoms with Gasteiger partial charge in [0, 0.05) is 5.39 Å². The van der Waals surface area contributed by atoms with Crippen LogP contribution in [0.15, 0.2) is 28.9 Å². The minimum Gasteiger partial charge on any atom is -0.493 e. The van der Waals surface area contributed by atoms with Gasteiger partial charge in [-0.25, -0.2) is 5.90 Å². The summed E-state index contributed by atoms with van der Waals surface area (Å²) in [6.07, 6.45) is 1.62. The van der Waals surface area contributed by atoms with E-state index in [-0.39, 0.29) is 0 Å². The molecule has 1 aromatic carbocycles. The molecule has 2 aromatic rings. The molecule has 1 aromatic heterocycles. The number of furan rings is 1. The molecule has 0 fully saturated rings. The molecule has 0 atom stereocenters. The maximum absolute atomic E-state index is 5.31. The van der Waals surface area contributed by atoms with Gasteiger partial charge in [-0.2, -0.15) is 0 Å². The van der Waals surface area contributed by atoms with E-state index in [0.29, 0.717) is 12.4 Å². The molecule has 0 amide bonds. The Labute approximate surface area is 81.2 Å². The van der Waals surface area contributed by atoms with Gasteiger partial charge in [0.05, 0.1) is 20.0 Å². The molecule has 0 unspecified atom stereocenters. The third-order valence-electron chi connectivity index (χ3n) is 2.13. The van der Waals surface area contributed by atoms with Gasteiger partial charge < -0.3 is 9.15 Å². The number of hydrogen-bond acceptors (Lipinski definition) is 4. The maximum atomic E-state index is 5.31. The first kappa shape index (κ1) is 9.05. The van der Waals surface area contributed by atoms with Gasteiger partial charge in [0.2, 0.25) is 0 Å². The number of ether oxygens (including phenoxy) is 1. The standard InChI is InChI=1S/C10H11NO3/c1-12-9-3-2-7(6-14-11)8-4-5-13-10(8)9/h2-5H,6,11H2,1H3. The maximum Gasteiger partial charge on any atom is 0.176 e. The highest BCUT2D eigenvalue weighted by Gasteiger charge is 2.08. The van der Waals surface area contributed by atoms with E-state index in [0.717, 1.165) is 16.5 Å². The van der Waals surface area contributed by atoms with Gasteiger partial charge in [-0.15, -0.1) is 0 Å². The average molecular weight is 193 g/mol. The number of hydrogen-bond donors (Lipinski definition) is 1. The van der Waals surface area contributed by atoms with Gasteiger partial charge in [-0.05, 0) is 17.7 Å². The summed E-state index contributed by atoms with van der Waals surface area (Å²) >= 11 is 0. The zero-order valence-electron chi connectivity index (χ0n) is 7.82. The Morgan fingerprint density at radius 1 is 1.36 bits per heavy atom. The second kappa shape index (κ2) is 3.69. The van der Waals surface area contributed by atoms with Crippen LogP contribution in [-0.2, 0) is 11.4 Å². The van der Waals surface area contributed by atoms with Crippen molar-refractivity contribution >= 4 is 11.0 Å². The SMILES string of the molecule is COc1ccc(CON)c2ccoc12. The quantitative estimate of drug-likeness (QED) is 0.755. The lowest BCUT2D eigenvalue weighted by Crippen LogP contribution is -1.99. The predicted octanol–water partition coefficient (Wildman–Crippen LogP) is 1.83. The second-order valence-corrected chi connectivity index (χ2v) is 2.90. The third-order valence-corrected chi connectivity index (χ3v) is 2.13. The largest absolute Gasteiger partial charge is 0.493 e. The van der Waals surface area contributed by atoms with Gasteiger partial charge in [0.1, 0.15) is 0 Å². The normalized spacial score (nSPS) is 10.7. The van der Waals surface area contributed by atoms with Crippen LogP contribution >= 0.6 is 0 Å². The lowest BCUT2D eigenvalue weighted by Gasteiger charge is -2.04. The Morgan fingerprint density at radius 3 is 2.93 bits per heavy atom. The highest BCUT2D eigenvalue weighted by Crippen LogP contribution is 2.29. The Kier molecular flexibility index (Phi) is 2.39. The molecule has 0 spiro atoms. The molecule has 0 saturated heterocycles. The van der Waals surface area contributed by atoms with Gasteiger partial charge >= 0.3 is 0 Å². The number of benzene rings is 1. The number of nitrogens with two attached hydrogens (primary N) is 1. The van der Waals surface area contributed by atoms with E-state index in [4.69, 9.17) is 15.1 Å². The van der Waals surface area contributed by atoms with Crippen LogP contribution in [-0.4, -0.2) is 7.11 Å². The van der Waals surface area contributed by atoms with E-state index in [1.54, 1.807) is 13.4 Å². The first-order chi connectivity index (χ1) is 6.86. The summed E-state index contributed by atoms with van der Waals surface area (Å²) in [4.78, 5) is 4.60. The molecule has 0 aliphatic heterocycles. The van der Waals surface area contributed by atoms with E-state index in [1.807, 2.05) is 18.2 Å². The highest BCUT2D eigenvalue weighted by atomic mass is 16.6. The average Bonchev–Trinajstić information content (AvgIpc) is 2.67. The first-order valence-corrected chi connectivity index (χ1v) is 4.21. The molecule has 4 nitrogen and oxygen atoms in total. The lowest BCUT2D eigenvalue weighted by molar-refractivity contribution is 0.125. The molecule has 0 bridgehead atoms. The molecule has 0 radical (unpaired) electrons. The van der Waals surface area contributed by atoms with E-state index in [1.165, 1.54) is 0 Å². The Bertz CT molecular complexity index is 436. The molecule has 0 saturated carbocycles. The van der Waals surface area contributed by atoms with Gasteiger partial charge in [0.25, 0.3) is 0 Å². The highest BCUT2D eigenvalue weighted by molar-refractivity contribution is 5.86. The fraction of sp³-hybridized carbons (Fsp3) is 0.200. The molecule has 74 valence electrons. The fourth-order valence-corrected chi connectivity index (χ4v) is 1.47. The van der Waals surface area contributed by atoms with Crippen LogP contribution in [0.25, 0.3) is 11.0 Å². The van der Waals surface area contributed by atoms with Gasteiger partial charge in [0.15, 0.2) is 11.3 Å². The molecule has 2 rings (SSSR count). The number of rotatable bonds is 3. The van der Waals surface area contributed by atoms with Crippen molar-refractivity contribution in [1.82, 2.24) is 0 Å². The van der Waals surface area contributed by atoms with Crippen LogP contribution in [0.4, 0.5) is 0 Å². The summed E-state index contributed by atoms with van der Waals surface area (Å²) in [5, 5.41) is 0.967. The van der Waals surface area contributed by atoms with Crippen molar-refractivity contribution in [2.45, 2.75) is 6.61 Å². The van der Waals surface area contributed by atoms with Crippen molar-refractivity contribution < 1.29 is 14.0 Å². The van der Waals surface area contributed by atoms with Crippen LogP contribution in [0.1, 0.15) is 5.56 Å². The zero-order chi connectivity index (χ0) is 9.97. The van der Waals surface area contributed by atoms with Gasteiger partial charge in [-0.3, -0.25) is 4.84 Å². The Hall–Kier alpha value is -1.52. The van der Waals surface area contributed by atoms with E-state index < -0.39 is 0 Å². The van der Waals surface area contributed by atoms with Crippen molar-refractivity contribution in [1.29, 1.82) is 0 Å². The lowest BCUT2D eigenvalue weighted by atomic mass is 10.1. The Morgan fingerprint density at radius 2 is 2.21 bits per heavy atom. The summed E-state index contributed by atoms with van der Waals surface area (Å²) in [5.74, 6) is 5.74. The van der Waals surface area contributed by atoms with Crippen molar-refractivity contribution in [3.05, 3.63) is 30.0 Å². The van der Waals surface area contributed by atoms with Crippen LogP contribution in [0.3, 0.4) is 0 Å². The fourth-order valence-electron chi connectivity index (χ4n) is 1.47. The summed E-state index contributed by atoms with van der Waals surface area (Å²) in [6.45, 7) is 0.361. The molecule has 14 heavy (non-hydrogen) atoms. The monoisotopic (exact) mass is 193 g/mol. The van der Waals surface area contributed by atoms with E-state index >= 15 is 0 Å². The molecular weight excluding hydrogens is 182 g/mol. The molecule has 4 heteroatoms. The van der Waals surface area contributed by atoms with E-state index in [9.17, 15) is 0 Å². The van der Waals surface area contributed by atoms with Crippen LogP contribution in [0.5, 0.6) is 5.75 Å². The minimum atomic E-state index is 0.361. The first-order valence-electron chi connectivity index (χ1n) is 4.21. The third kappa shape index (κ3) is 1.34. The summed E-state index contributed by atoms with van der Waals surface area (Å²) in [5.41, 5.74) is 1.71. The predicted molar refractivity (Wildman–Crippen MR) is 51.7 cm³/mol. The van der Waals surface area contributed by atoms with Crippen molar-refractivity contribution in [3.8, 4) is 5.75 Å². The number of methoxy groups -OCH3 is 1. The number of fused-ring (bicyclic) bond motifs is 1. The van der Waals surface area contributed by atoms with Crippen molar-refractivity contribution in [2.75, 3.05) is 7.11 Å². The zero-order valence-corrected chi connectivity index (χ0v) is 7.82. The van der Waals surface area contributed by atoms with Gasteiger partial charge in [-0.1, -0.05) is 6.07 Å². The van der Waals surface area contributed by atoms with Crippen molar-refractivity contribution in [3.63, 3.8) is 0 Å². The molecule has 1 heterocycles. The van der Waals surface area contributed by atoms with Crippen LogP contribution in [0, 0.1) is 0 Å². The Balaban J connectivity index is 2.59. The molecular formula is C10H11NO3. The van der Waals surface area contributed by atoms with Crippen molar-refractivity contribution in [2.24, 2.45) is 5.90 Å². The van der Waals surface area contributed by atoms with Crippen LogP contribution < -0.4 is 10.6 Å². The summed E-state index contributed by atoms with van der Waals surface area (Å²) in [7, 11) is 1.61. The topological polar surface area (TPSA) is 57.6 Å². The smallest absolute Gasteiger partial charge is 0.176 e. The summed E-state index contributed by atoms with van der Waals surface area (Å²) in [6, 6.07) is 5.61. The minimum absolute atomic E-state index is 0.361. The van der Waals surface area contributed by atoms with E-state index in [2.05, 4.69) is 4.84 Å².